The normalized spacial score (nSPS) is 14.5. The molecule has 1 aliphatic carbocycles. The Morgan fingerprint density at radius 1 is 1.27 bits per heavy atom. The maximum atomic E-state index is 11.2. The number of amides is 1. The van der Waals surface area contributed by atoms with Crippen LogP contribution in [0.5, 0.6) is 0 Å². The molecule has 1 saturated carbocycles. The third-order valence-corrected chi connectivity index (χ3v) is 4.79. The van der Waals surface area contributed by atoms with E-state index in [1.54, 1.807) is 0 Å². The van der Waals surface area contributed by atoms with Crippen LogP contribution in [0.25, 0.3) is 16.9 Å². The number of pyridine rings is 1. The summed E-state index contributed by atoms with van der Waals surface area (Å²) in [5.74, 6) is 0.585. The van der Waals surface area contributed by atoms with Crippen molar-refractivity contribution in [3.05, 3.63) is 59.9 Å². The molecular formula is C21H23N3O2. The summed E-state index contributed by atoms with van der Waals surface area (Å²) in [4.78, 5) is 16.0. The highest BCUT2D eigenvalue weighted by Gasteiger charge is 2.30. The van der Waals surface area contributed by atoms with Gasteiger partial charge in [0, 0.05) is 24.4 Å². The summed E-state index contributed by atoms with van der Waals surface area (Å²) >= 11 is 0. The molecule has 134 valence electrons. The maximum Gasteiger partial charge on any atom is 0.405 e. The average Bonchev–Trinajstić information content (AvgIpc) is 3.33. The Labute approximate surface area is 152 Å². The number of benzene rings is 1. The highest BCUT2D eigenvalue weighted by molar-refractivity contribution is 5.65. The molecule has 5 nitrogen and oxygen atoms in total. The van der Waals surface area contributed by atoms with Gasteiger partial charge in [0.1, 0.15) is 11.2 Å². The van der Waals surface area contributed by atoms with Gasteiger partial charge in [-0.2, -0.15) is 0 Å². The van der Waals surface area contributed by atoms with Crippen LogP contribution in [0.15, 0.2) is 48.8 Å². The summed E-state index contributed by atoms with van der Waals surface area (Å²) < 4.78 is 7.39. The van der Waals surface area contributed by atoms with Crippen LogP contribution in [0.3, 0.4) is 0 Å². The number of hydrogen-bond acceptors (Lipinski definition) is 3. The standard InChI is InChI=1S/C21H23N3O2/c1-21(2,26-20(22)25)11-16-10-19-23-18(15-6-4-3-5-7-15)13-24(19)12-17(16)14-8-9-14/h3-7,10,12-14H,8-9,11H2,1-2H3,(H2,22,25). The van der Waals surface area contributed by atoms with Crippen molar-refractivity contribution >= 4 is 11.7 Å². The third-order valence-electron chi connectivity index (χ3n) is 4.79. The van der Waals surface area contributed by atoms with Gasteiger partial charge in [-0.05, 0) is 49.8 Å². The zero-order valence-electron chi connectivity index (χ0n) is 15.1. The molecule has 1 fully saturated rings. The fraction of sp³-hybridized carbons (Fsp3) is 0.333. The molecule has 0 unspecified atom stereocenters. The van der Waals surface area contributed by atoms with Crippen molar-refractivity contribution in [2.75, 3.05) is 0 Å². The Balaban J connectivity index is 1.74. The Morgan fingerprint density at radius 2 is 2.00 bits per heavy atom. The molecule has 0 aliphatic heterocycles. The van der Waals surface area contributed by atoms with Crippen molar-refractivity contribution in [3.8, 4) is 11.3 Å². The summed E-state index contributed by atoms with van der Waals surface area (Å²) in [6.07, 6.45) is 6.54. The molecule has 0 radical (unpaired) electrons. The molecule has 0 saturated heterocycles. The van der Waals surface area contributed by atoms with Gasteiger partial charge in [0.25, 0.3) is 0 Å². The van der Waals surface area contributed by atoms with E-state index < -0.39 is 11.7 Å². The zero-order valence-corrected chi connectivity index (χ0v) is 15.1. The molecule has 5 heteroatoms. The van der Waals surface area contributed by atoms with Crippen LogP contribution in [0.4, 0.5) is 4.79 Å². The van der Waals surface area contributed by atoms with Crippen molar-refractivity contribution < 1.29 is 9.53 Å². The minimum absolute atomic E-state index is 0.585. The maximum absolute atomic E-state index is 11.2. The third kappa shape index (κ3) is 3.43. The molecular weight excluding hydrogens is 326 g/mol. The van der Waals surface area contributed by atoms with Gasteiger partial charge in [-0.15, -0.1) is 0 Å². The fourth-order valence-corrected chi connectivity index (χ4v) is 3.52. The molecule has 0 spiro atoms. The first kappa shape index (κ1) is 16.6. The van der Waals surface area contributed by atoms with Crippen LogP contribution < -0.4 is 5.73 Å². The van der Waals surface area contributed by atoms with Gasteiger partial charge in [-0.1, -0.05) is 30.3 Å². The number of imidazole rings is 1. The van der Waals surface area contributed by atoms with E-state index in [9.17, 15) is 4.79 Å². The van der Waals surface area contributed by atoms with Gasteiger partial charge >= 0.3 is 6.09 Å². The molecule has 2 N–H and O–H groups in total. The number of fused-ring (bicyclic) bond motifs is 1. The van der Waals surface area contributed by atoms with Gasteiger partial charge in [0.2, 0.25) is 0 Å². The number of carbonyl (C=O) groups excluding carboxylic acids is 1. The molecule has 0 atom stereocenters. The monoisotopic (exact) mass is 349 g/mol. The van der Waals surface area contributed by atoms with E-state index >= 15 is 0 Å². The van der Waals surface area contributed by atoms with Crippen molar-refractivity contribution in [1.82, 2.24) is 9.38 Å². The topological polar surface area (TPSA) is 69.6 Å². The molecule has 2 heterocycles. The molecule has 2 aromatic heterocycles. The first-order chi connectivity index (χ1) is 12.4. The quantitative estimate of drug-likeness (QED) is 0.747. The van der Waals surface area contributed by atoms with Gasteiger partial charge in [0.15, 0.2) is 0 Å². The highest BCUT2D eigenvalue weighted by atomic mass is 16.6. The first-order valence-electron chi connectivity index (χ1n) is 8.97. The lowest BCUT2D eigenvalue weighted by Gasteiger charge is -2.25. The SMILES string of the molecule is CC(C)(Cc1cc2nc(-c3ccccc3)cn2cc1C1CC1)OC(N)=O. The molecule has 3 aromatic rings. The average molecular weight is 349 g/mol. The minimum Gasteiger partial charge on any atom is -0.443 e. The van der Waals surface area contributed by atoms with Crippen LogP contribution in [-0.4, -0.2) is 21.1 Å². The number of nitrogens with zero attached hydrogens (tertiary/aromatic N) is 2. The molecule has 1 amide bonds. The summed E-state index contributed by atoms with van der Waals surface area (Å²) in [5, 5.41) is 0. The van der Waals surface area contributed by atoms with E-state index in [0.29, 0.717) is 12.3 Å². The zero-order chi connectivity index (χ0) is 18.3. The van der Waals surface area contributed by atoms with Crippen molar-refractivity contribution in [3.63, 3.8) is 0 Å². The second-order valence-electron chi connectivity index (χ2n) is 7.64. The van der Waals surface area contributed by atoms with E-state index in [1.807, 2.05) is 32.0 Å². The van der Waals surface area contributed by atoms with Crippen LogP contribution in [-0.2, 0) is 11.2 Å². The number of rotatable bonds is 5. The molecule has 0 bridgehead atoms. The van der Waals surface area contributed by atoms with Crippen LogP contribution in [0, 0.1) is 0 Å². The number of hydrogen-bond donors (Lipinski definition) is 1. The smallest absolute Gasteiger partial charge is 0.405 e. The van der Waals surface area contributed by atoms with Crippen LogP contribution in [0.1, 0.15) is 43.7 Å². The predicted molar refractivity (Wildman–Crippen MR) is 101 cm³/mol. The number of nitrogens with two attached hydrogens (primary N) is 1. The molecule has 4 rings (SSSR count). The summed E-state index contributed by atoms with van der Waals surface area (Å²) in [7, 11) is 0. The number of ether oxygens (including phenoxy) is 1. The van der Waals surface area contributed by atoms with E-state index in [4.69, 9.17) is 15.5 Å². The Morgan fingerprint density at radius 3 is 2.65 bits per heavy atom. The van der Waals surface area contributed by atoms with Gasteiger partial charge in [-0.3, -0.25) is 0 Å². The second-order valence-corrected chi connectivity index (χ2v) is 7.64. The van der Waals surface area contributed by atoms with E-state index in [2.05, 4.69) is 35.0 Å². The lowest BCUT2D eigenvalue weighted by atomic mass is 9.94. The summed E-state index contributed by atoms with van der Waals surface area (Å²) in [5.41, 5.74) is 10.0. The minimum atomic E-state index is -0.740. The van der Waals surface area contributed by atoms with Gasteiger partial charge < -0.3 is 14.9 Å². The fourth-order valence-electron chi connectivity index (χ4n) is 3.52. The Hall–Kier alpha value is -2.82. The van der Waals surface area contributed by atoms with Crippen molar-refractivity contribution in [1.29, 1.82) is 0 Å². The molecule has 1 aliphatic rings. The Kier molecular flexibility index (Phi) is 3.94. The number of carbonyl (C=O) groups is 1. The Bertz CT molecular complexity index is 956. The first-order valence-corrected chi connectivity index (χ1v) is 8.97. The van der Waals surface area contributed by atoms with Crippen molar-refractivity contribution in [2.45, 2.75) is 44.6 Å². The van der Waals surface area contributed by atoms with Gasteiger partial charge in [-0.25, -0.2) is 9.78 Å². The predicted octanol–water partition coefficient (Wildman–Crippen LogP) is 4.30. The van der Waals surface area contributed by atoms with Crippen LogP contribution >= 0.6 is 0 Å². The largest absolute Gasteiger partial charge is 0.443 e. The lowest BCUT2D eigenvalue weighted by molar-refractivity contribution is 0.0459. The number of primary amides is 1. The molecule has 26 heavy (non-hydrogen) atoms. The lowest BCUT2D eigenvalue weighted by Crippen LogP contribution is -2.33. The molecule has 1 aromatic carbocycles. The van der Waals surface area contributed by atoms with E-state index in [1.165, 1.54) is 24.0 Å². The van der Waals surface area contributed by atoms with E-state index in [0.717, 1.165) is 16.9 Å². The summed E-state index contributed by atoms with van der Waals surface area (Å²) in [6, 6.07) is 12.3. The second kappa shape index (κ2) is 6.16. The van der Waals surface area contributed by atoms with E-state index in [-0.39, 0.29) is 0 Å². The van der Waals surface area contributed by atoms with Crippen LogP contribution in [0.2, 0.25) is 0 Å². The van der Waals surface area contributed by atoms with Gasteiger partial charge in [0.05, 0.1) is 5.69 Å². The number of aromatic nitrogens is 2. The summed E-state index contributed by atoms with van der Waals surface area (Å²) in [6.45, 7) is 3.78. The highest BCUT2D eigenvalue weighted by Crippen LogP contribution is 2.43. The van der Waals surface area contributed by atoms with Crippen molar-refractivity contribution in [2.24, 2.45) is 5.73 Å².